The van der Waals surface area contributed by atoms with Gasteiger partial charge in [-0.2, -0.15) is 72.6 Å². The van der Waals surface area contributed by atoms with Gasteiger partial charge in [-0.25, -0.2) is 9.97 Å². The molecule has 636 valence electrons. The number of benzene rings is 8. The minimum Gasteiger partial charge on any atom is -0.457 e. The number of pyridine rings is 2. The van der Waals surface area contributed by atoms with E-state index in [0.29, 0.717) is 63.0 Å². The van der Waals surface area contributed by atoms with Crippen molar-refractivity contribution in [2.75, 3.05) is 34.0 Å². The fraction of sp³-hybridized carbons (Fsp3) is 0.0625. The average Bonchev–Trinajstić information content (AvgIpc) is 1.79. The van der Waals surface area contributed by atoms with E-state index < -0.39 is 52.0 Å². The molecule has 0 radical (unpaired) electrons. The number of amides is 1. The van der Waals surface area contributed by atoms with Crippen LogP contribution < -0.4 is 51.3 Å². The summed E-state index contributed by atoms with van der Waals surface area (Å²) >= 11 is 22.6. The van der Waals surface area contributed by atoms with Gasteiger partial charge in [-0.15, -0.1) is 30.6 Å². The maximum atomic E-state index is 13.1. The number of anilines is 9. The van der Waals surface area contributed by atoms with Crippen LogP contribution in [0.1, 0.15) is 32.7 Å². The standard InChI is InChI=1S/C22H16ClF3N6O2.C20H13ClF3N5O.C19H13ClF3N7O.C19H12ClF3N6O/c1-27-20(33)18-11-15(8-9-28-18)34-14-5-3-13(4-6-14)29-21-30-19(31-32-21)12-2-7-17(23)16(10-12)22(24,25)26;21-17-8-3-12(10-16(17)20(22,23)24)18-27-19(29-28-18)26-13-4-6-14(7-5-13)30-15-2-1-9-25-11-15;20-14-6-1-10(9-13(14)19(21,22)23)17-26-18(30-29-17)25-11-2-4-12(5-3-11)31-16-8-7-15(24)27-28-16;20-16-6-1-11(7-15(16)19(21,22)23)17-27-18(29-28-17)26-12-2-4-13(5-3-12)30-14-8-24-10-25-9-14/h2-11H,1H3,(H,27,33)(H2,29,30,31,32);1-11H,(H2,26,27,28,29);1-9H,(H2,24,27)(H2,25,26,29,30);1-10H,(H2,26,27,28,29). The molecule has 8 aromatic carbocycles. The Morgan fingerprint density at radius 3 is 1.02 bits per heavy atom. The van der Waals surface area contributed by atoms with E-state index in [1.807, 2.05) is 0 Å². The van der Waals surface area contributed by atoms with Crippen LogP contribution in [0.4, 0.5) is 105 Å². The fourth-order valence-electron chi connectivity index (χ4n) is 10.7. The zero-order valence-corrected chi connectivity index (χ0v) is 66.0. The molecular weight excluding hydrogens is 1750 g/mol. The summed E-state index contributed by atoms with van der Waals surface area (Å²) in [5.74, 6) is 5.39. The molecule has 0 aliphatic rings. The van der Waals surface area contributed by atoms with Crippen LogP contribution in [0.5, 0.6) is 46.1 Å². The molecule has 1 amide bonds. The first-order chi connectivity index (χ1) is 59.8. The lowest BCUT2D eigenvalue weighted by Crippen LogP contribution is -2.18. The molecule has 0 aliphatic heterocycles. The lowest BCUT2D eigenvalue weighted by Gasteiger charge is -2.09. The molecule has 0 saturated heterocycles. The second kappa shape index (κ2) is 38.7. The summed E-state index contributed by atoms with van der Waals surface area (Å²) in [4.78, 5) is 44.1. The maximum absolute atomic E-state index is 13.1. The minimum absolute atomic E-state index is 0.147. The first-order valence-corrected chi connectivity index (χ1v) is 37.1. The third-order valence-corrected chi connectivity index (χ3v) is 17.8. The van der Waals surface area contributed by atoms with Crippen LogP contribution in [-0.4, -0.2) is 104 Å². The number of nitrogens with zero attached hydrogens (tertiary/aromatic N) is 14. The van der Waals surface area contributed by atoms with Crippen molar-refractivity contribution in [3.05, 3.63) is 292 Å². The van der Waals surface area contributed by atoms with Crippen LogP contribution in [-0.2, 0) is 24.7 Å². The summed E-state index contributed by atoms with van der Waals surface area (Å²) in [5.41, 5.74) is 5.32. The SMILES string of the molecule is CNC(=O)c1cc(Oc2ccc(Nc3n[nH]c(-c4ccc(Cl)c(C(F)(F)F)c4)n3)cc2)ccn1.FC(F)(F)c1cc(-c2nc(Nc3ccc(Oc4cccnc4)cc3)n[nH]2)ccc1Cl.FC(F)(F)c1cc(-c2nc(Nc3ccc(Oc4cncnc4)cc3)n[nH]2)ccc1Cl.Nc1ccc(Oc2ccc(Nc3n[nH]c(-c4ccc(Cl)c(C(F)(F)F)c4)n3)cc2)nn1. The summed E-state index contributed by atoms with van der Waals surface area (Å²) in [6.45, 7) is 0. The van der Waals surface area contributed by atoms with E-state index in [9.17, 15) is 57.5 Å². The second-order valence-corrected chi connectivity index (χ2v) is 26.9. The summed E-state index contributed by atoms with van der Waals surface area (Å²) in [6, 6.07) is 51.4. The number of carbonyl (C=O) groups is 1. The van der Waals surface area contributed by atoms with Crippen LogP contribution in [0.15, 0.2) is 244 Å². The Morgan fingerprint density at radius 2 is 0.696 bits per heavy atom. The summed E-state index contributed by atoms with van der Waals surface area (Å²) < 4.78 is 179. The van der Waals surface area contributed by atoms with Crippen LogP contribution in [0.3, 0.4) is 0 Å². The fourth-order valence-corrected chi connectivity index (χ4v) is 11.6. The van der Waals surface area contributed by atoms with Gasteiger partial charge < -0.3 is 51.3 Å². The highest BCUT2D eigenvalue weighted by Crippen LogP contribution is 2.42. The Kier molecular flexibility index (Phi) is 27.1. The number of carbonyl (C=O) groups excluding carboxylic acids is 1. The van der Waals surface area contributed by atoms with Crippen molar-refractivity contribution in [1.82, 2.24) is 96.2 Å². The number of alkyl halides is 12. The lowest BCUT2D eigenvalue weighted by atomic mass is 10.1. The number of aromatic nitrogens is 18. The van der Waals surface area contributed by atoms with Crippen LogP contribution in [0, 0.1) is 0 Å². The van der Waals surface area contributed by atoms with Gasteiger partial charge in [0.05, 0.1) is 60.9 Å². The monoisotopic (exact) mass is 1800 g/mol. The Bertz CT molecular complexity index is 6160. The van der Waals surface area contributed by atoms with Gasteiger partial charge in [0.25, 0.3) is 5.91 Å². The number of hydrogen-bond donors (Lipinski definition) is 10. The van der Waals surface area contributed by atoms with Gasteiger partial charge in [0.1, 0.15) is 52.3 Å². The Balaban J connectivity index is 0.000000143. The summed E-state index contributed by atoms with van der Waals surface area (Å²) in [6.07, 6.45) is -9.09. The number of ether oxygens (including phenoxy) is 4. The number of hydrogen-bond acceptors (Lipinski definition) is 24. The molecule has 8 heterocycles. The number of nitrogen functional groups attached to an aromatic ring is 1. The molecule has 8 aromatic heterocycles. The van der Waals surface area contributed by atoms with Crippen molar-refractivity contribution in [1.29, 1.82) is 0 Å². The highest BCUT2D eigenvalue weighted by atomic mass is 35.5. The number of nitrogens with two attached hydrogens (primary N) is 1. The largest absolute Gasteiger partial charge is 0.457 e. The molecule has 11 N–H and O–H groups in total. The third kappa shape index (κ3) is 24.1. The number of halogens is 16. The van der Waals surface area contributed by atoms with Crippen LogP contribution in [0.25, 0.3) is 45.6 Å². The van der Waals surface area contributed by atoms with E-state index >= 15 is 0 Å². The number of aromatic amines is 4. The first kappa shape index (κ1) is 87.6. The topological polar surface area (TPSA) is 384 Å². The van der Waals surface area contributed by atoms with Crippen molar-refractivity contribution in [3.8, 4) is 91.7 Å². The second-order valence-electron chi connectivity index (χ2n) is 25.3. The Hall–Kier alpha value is -15.2. The van der Waals surface area contributed by atoms with E-state index in [-0.39, 0.29) is 108 Å². The first-order valence-electron chi connectivity index (χ1n) is 35.6. The molecule has 45 heteroatoms. The van der Waals surface area contributed by atoms with Crippen LogP contribution in [0.2, 0.25) is 20.1 Å². The average molecular weight is 1800 g/mol. The van der Waals surface area contributed by atoms with E-state index in [0.717, 1.165) is 30.3 Å². The molecule has 0 spiro atoms. The highest BCUT2D eigenvalue weighted by Gasteiger charge is 2.37. The van der Waals surface area contributed by atoms with E-state index in [4.69, 9.17) is 71.1 Å². The van der Waals surface area contributed by atoms with E-state index in [1.165, 1.54) is 80.5 Å². The normalized spacial score (nSPS) is 11.3. The van der Waals surface area contributed by atoms with Crippen LogP contribution >= 0.6 is 46.4 Å². The smallest absolute Gasteiger partial charge is 0.417 e. The molecule has 0 atom stereocenters. The van der Waals surface area contributed by atoms with Crippen molar-refractivity contribution in [2.45, 2.75) is 24.7 Å². The van der Waals surface area contributed by atoms with Gasteiger partial charge in [-0.3, -0.25) is 35.2 Å². The van der Waals surface area contributed by atoms with Gasteiger partial charge in [0.2, 0.25) is 29.7 Å². The van der Waals surface area contributed by atoms with Crippen molar-refractivity contribution < 1.29 is 76.4 Å². The van der Waals surface area contributed by atoms with Crippen molar-refractivity contribution in [2.24, 2.45) is 0 Å². The molecule has 0 saturated carbocycles. The molecule has 125 heavy (non-hydrogen) atoms. The summed E-state index contributed by atoms with van der Waals surface area (Å²) in [5, 5.41) is 46.7. The quantitative estimate of drug-likeness (QED) is 0.0299. The molecule has 0 fully saturated rings. The molecular formula is C80H54Cl4F12N24O5. The molecule has 0 bridgehead atoms. The summed E-state index contributed by atoms with van der Waals surface area (Å²) in [7, 11) is 1.51. The third-order valence-electron chi connectivity index (χ3n) is 16.5. The van der Waals surface area contributed by atoms with Crippen molar-refractivity contribution >= 4 is 105 Å². The molecule has 16 aromatic rings. The van der Waals surface area contributed by atoms with E-state index in [1.54, 1.807) is 140 Å². The minimum atomic E-state index is -4.59. The predicted molar refractivity (Wildman–Crippen MR) is 437 cm³/mol. The van der Waals surface area contributed by atoms with Gasteiger partial charge in [-0.1, -0.05) is 46.4 Å². The molecule has 0 aliphatic carbocycles. The molecule has 16 rings (SSSR count). The van der Waals surface area contributed by atoms with Gasteiger partial charge in [0.15, 0.2) is 29.0 Å². The number of rotatable bonds is 21. The van der Waals surface area contributed by atoms with Crippen molar-refractivity contribution in [3.63, 3.8) is 0 Å². The molecule has 29 nitrogen and oxygen atoms in total. The molecule has 0 unspecified atom stereocenters. The lowest BCUT2D eigenvalue weighted by molar-refractivity contribution is -0.138. The highest BCUT2D eigenvalue weighted by molar-refractivity contribution is 6.32. The maximum Gasteiger partial charge on any atom is 0.417 e. The zero-order valence-electron chi connectivity index (χ0n) is 63.0. The van der Waals surface area contributed by atoms with E-state index in [2.05, 4.69) is 117 Å². The Labute approximate surface area is 715 Å². The van der Waals surface area contributed by atoms with Gasteiger partial charge >= 0.3 is 24.7 Å². The van der Waals surface area contributed by atoms with Gasteiger partial charge in [0, 0.05) is 76.6 Å². The zero-order chi connectivity index (χ0) is 88.6. The predicted octanol–water partition coefficient (Wildman–Crippen LogP) is 22.0. The number of H-pyrrole nitrogens is 4. The number of nitrogens with one attached hydrogen (secondary N) is 9. The van der Waals surface area contributed by atoms with Gasteiger partial charge in [-0.05, 0) is 194 Å². The Morgan fingerprint density at radius 1 is 0.360 bits per heavy atom.